The van der Waals surface area contributed by atoms with Crippen molar-refractivity contribution >= 4 is 0 Å². The minimum atomic E-state index is 0.496. The first-order chi connectivity index (χ1) is 7.78. The van der Waals surface area contributed by atoms with E-state index < -0.39 is 0 Å². The highest BCUT2D eigenvalue weighted by atomic mass is 16.5. The fraction of sp³-hybridized carbons (Fsp3) is 1.00. The lowest BCUT2D eigenvalue weighted by molar-refractivity contribution is -0.0110. The highest BCUT2D eigenvalue weighted by Gasteiger charge is 2.35. The average Bonchev–Trinajstić information content (AvgIpc) is 2.18. The highest BCUT2D eigenvalue weighted by Crippen LogP contribution is 2.42. The van der Waals surface area contributed by atoms with Gasteiger partial charge in [0.2, 0.25) is 0 Å². The molecular weight excluding hydrogens is 200 g/mol. The van der Waals surface area contributed by atoms with Crippen molar-refractivity contribution in [3.8, 4) is 0 Å². The van der Waals surface area contributed by atoms with Gasteiger partial charge in [-0.05, 0) is 57.5 Å². The second kappa shape index (κ2) is 5.48. The zero-order chi connectivity index (χ0) is 11.4. The number of hydrogen-bond donors (Lipinski definition) is 2. The summed E-state index contributed by atoms with van der Waals surface area (Å²) in [6.45, 7) is 4.94. The number of nitrogens with one attached hydrogen (secondary N) is 1. The van der Waals surface area contributed by atoms with E-state index in [0.717, 1.165) is 19.7 Å². The Morgan fingerprint density at radius 1 is 1.38 bits per heavy atom. The second-order valence-electron chi connectivity index (χ2n) is 5.51. The van der Waals surface area contributed by atoms with Crippen LogP contribution in [0.5, 0.6) is 0 Å². The summed E-state index contributed by atoms with van der Waals surface area (Å²) in [6, 6.07) is 0.700. The first kappa shape index (κ1) is 12.3. The number of nitrogens with two attached hydrogens (primary N) is 1. The van der Waals surface area contributed by atoms with Crippen molar-refractivity contribution in [3.63, 3.8) is 0 Å². The molecule has 2 aliphatic rings. The molecule has 2 rings (SSSR count). The van der Waals surface area contributed by atoms with Crippen molar-refractivity contribution in [1.29, 1.82) is 0 Å². The van der Waals surface area contributed by atoms with E-state index in [1.807, 2.05) is 0 Å². The van der Waals surface area contributed by atoms with Crippen LogP contribution in [0.1, 0.15) is 45.4 Å². The lowest BCUT2D eigenvalue weighted by atomic mass is 9.66. The van der Waals surface area contributed by atoms with E-state index >= 15 is 0 Å². The van der Waals surface area contributed by atoms with Gasteiger partial charge in [0, 0.05) is 12.6 Å². The molecule has 0 atom stereocenters. The smallest absolute Gasteiger partial charge is 0.0604 e. The Kier molecular flexibility index (Phi) is 4.22. The predicted octanol–water partition coefficient (Wildman–Crippen LogP) is 1.66. The van der Waals surface area contributed by atoms with Crippen LogP contribution >= 0.6 is 0 Å². The summed E-state index contributed by atoms with van der Waals surface area (Å²) in [6.07, 6.45) is 8.25. The average molecular weight is 226 g/mol. The van der Waals surface area contributed by atoms with Gasteiger partial charge >= 0.3 is 0 Å². The molecule has 94 valence electrons. The van der Waals surface area contributed by atoms with Crippen LogP contribution in [0.25, 0.3) is 0 Å². The number of hydrogen-bond acceptors (Lipinski definition) is 3. The van der Waals surface area contributed by atoms with Gasteiger partial charge < -0.3 is 15.8 Å². The van der Waals surface area contributed by atoms with Crippen LogP contribution in [0.3, 0.4) is 0 Å². The number of ether oxygens (including phenoxy) is 1. The van der Waals surface area contributed by atoms with Gasteiger partial charge in [0.05, 0.1) is 6.10 Å². The maximum Gasteiger partial charge on any atom is 0.0604 e. The molecule has 3 nitrogen and oxygen atoms in total. The number of rotatable bonds is 7. The fourth-order valence-electron chi connectivity index (χ4n) is 2.88. The van der Waals surface area contributed by atoms with Crippen LogP contribution < -0.4 is 11.1 Å². The van der Waals surface area contributed by atoms with Gasteiger partial charge in [0.15, 0.2) is 0 Å². The third kappa shape index (κ3) is 2.76. The van der Waals surface area contributed by atoms with Crippen LogP contribution in [0.2, 0.25) is 0 Å². The summed E-state index contributed by atoms with van der Waals surface area (Å²) < 4.78 is 5.55. The summed E-state index contributed by atoms with van der Waals surface area (Å²) in [5.41, 5.74) is 6.34. The molecule has 3 N–H and O–H groups in total. The lowest BCUT2D eigenvalue weighted by Crippen LogP contribution is -2.47. The molecule has 0 amide bonds. The van der Waals surface area contributed by atoms with Gasteiger partial charge in [-0.1, -0.05) is 6.42 Å². The van der Waals surface area contributed by atoms with E-state index in [-0.39, 0.29) is 0 Å². The molecule has 0 aliphatic heterocycles. The highest BCUT2D eigenvalue weighted by molar-refractivity contribution is 4.91. The molecule has 0 saturated heterocycles. The minimum Gasteiger partial charge on any atom is -0.378 e. The molecule has 0 aromatic rings. The molecule has 0 spiro atoms. The van der Waals surface area contributed by atoms with Crippen molar-refractivity contribution in [2.24, 2.45) is 11.1 Å². The quantitative estimate of drug-likeness (QED) is 0.694. The van der Waals surface area contributed by atoms with Crippen LogP contribution in [-0.2, 0) is 4.74 Å². The van der Waals surface area contributed by atoms with Gasteiger partial charge in [-0.15, -0.1) is 0 Å². The summed E-state index contributed by atoms with van der Waals surface area (Å²) in [5.74, 6) is 0. The molecule has 0 unspecified atom stereocenters. The van der Waals surface area contributed by atoms with Gasteiger partial charge in [-0.3, -0.25) is 0 Å². The third-order valence-electron chi connectivity index (χ3n) is 4.43. The molecule has 2 fully saturated rings. The minimum absolute atomic E-state index is 0.496. The maximum absolute atomic E-state index is 5.85. The Bertz CT molecular complexity index is 204. The molecule has 2 saturated carbocycles. The van der Waals surface area contributed by atoms with Gasteiger partial charge in [-0.2, -0.15) is 0 Å². The molecule has 0 aromatic carbocycles. The maximum atomic E-state index is 5.85. The lowest BCUT2D eigenvalue weighted by Gasteiger charge is -2.42. The predicted molar refractivity (Wildman–Crippen MR) is 66.4 cm³/mol. The molecule has 0 radical (unpaired) electrons. The molecule has 2 aliphatic carbocycles. The Labute approximate surface area is 99.1 Å². The molecule has 0 aromatic heterocycles. The Hall–Kier alpha value is -0.120. The molecule has 16 heavy (non-hydrogen) atoms. The first-order valence-corrected chi connectivity index (χ1v) is 6.83. The van der Waals surface area contributed by atoms with Gasteiger partial charge in [0.1, 0.15) is 0 Å². The van der Waals surface area contributed by atoms with Crippen LogP contribution in [0.4, 0.5) is 0 Å². The monoisotopic (exact) mass is 226 g/mol. The van der Waals surface area contributed by atoms with E-state index in [9.17, 15) is 0 Å². The molecular formula is C13H26N2O. The van der Waals surface area contributed by atoms with Crippen molar-refractivity contribution in [1.82, 2.24) is 5.32 Å². The van der Waals surface area contributed by atoms with E-state index in [2.05, 4.69) is 12.2 Å². The van der Waals surface area contributed by atoms with E-state index in [1.54, 1.807) is 0 Å². The zero-order valence-corrected chi connectivity index (χ0v) is 10.5. The second-order valence-corrected chi connectivity index (χ2v) is 5.51. The van der Waals surface area contributed by atoms with Gasteiger partial charge in [0.25, 0.3) is 0 Å². The molecule has 0 bridgehead atoms. The SMILES string of the molecule is CCOC1CC(NCCC2(CN)CCC2)C1. The van der Waals surface area contributed by atoms with E-state index in [1.165, 1.54) is 38.5 Å². The van der Waals surface area contributed by atoms with Crippen molar-refractivity contribution in [2.75, 3.05) is 19.7 Å². The first-order valence-electron chi connectivity index (χ1n) is 6.83. The Morgan fingerprint density at radius 2 is 2.12 bits per heavy atom. The van der Waals surface area contributed by atoms with Crippen LogP contribution in [0, 0.1) is 5.41 Å². The van der Waals surface area contributed by atoms with Crippen molar-refractivity contribution in [3.05, 3.63) is 0 Å². The van der Waals surface area contributed by atoms with Crippen LogP contribution in [-0.4, -0.2) is 31.8 Å². The fourth-order valence-corrected chi connectivity index (χ4v) is 2.88. The Morgan fingerprint density at radius 3 is 2.62 bits per heavy atom. The van der Waals surface area contributed by atoms with Gasteiger partial charge in [-0.25, -0.2) is 0 Å². The van der Waals surface area contributed by atoms with Crippen molar-refractivity contribution < 1.29 is 4.74 Å². The van der Waals surface area contributed by atoms with Crippen molar-refractivity contribution in [2.45, 2.75) is 57.6 Å². The third-order valence-corrected chi connectivity index (χ3v) is 4.43. The van der Waals surface area contributed by atoms with E-state index in [0.29, 0.717) is 17.6 Å². The zero-order valence-electron chi connectivity index (χ0n) is 10.5. The summed E-state index contributed by atoms with van der Waals surface area (Å²) in [7, 11) is 0. The summed E-state index contributed by atoms with van der Waals surface area (Å²) >= 11 is 0. The molecule has 0 heterocycles. The van der Waals surface area contributed by atoms with Crippen LogP contribution in [0.15, 0.2) is 0 Å². The normalized spacial score (nSPS) is 31.9. The summed E-state index contributed by atoms with van der Waals surface area (Å²) in [5, 5.41) is 3.63. The summed E-state index contributed by atoms with van der Waals surface area (Å²) in [4.78, 5) is 0. The standard InChI is InChI=1S/C13H26N2O/c1-2-16-12-8-11(9-12)15-7-6-13(10-14)4-3-5-13/h11-12,15H,2-10,14H2,1H3. The largest absolute Gasteiger partial charge is 0.378 e. The molecule has 3 heteroatoms. The Balaban J connectivity index is 1.53. The topological polar surface area (TPSA) is 47.3 Å². The van der Waals surface area contributed by atoms with E-state index in [4.69, 9.17) is 10.5 Å².